The second-order valence-electron chi connectivity index (χ2n) is 9.26. The Morgan fingerprint density at radius 2 is 2.03 bits per heavy atom. The predicted molar refractivity (Wildman–Crippen MR) is 131 cm³/mol. The number of aryl methyl sites for hydroxylation is 2. The topological polar surface area (TPSA) is 65.4 Å². The van der Waals surface area contributed by atoms with Crippen LogP contribution in [0.4, 0.5) is 11.4 Å². The molecule has 1 unspecified atom stereocenters. The van der Waals surface area contributed by atoms with Gasteiger partial charge in [0.1, 0.15) is 17.4 Å². The fourth-order valence-electron chi connectivity index (χ4n) is 4.86. The molecule has 0 aliphatic carbocycles. The fraction of sp³-hybridized carbons (Fsp3) is 0.407. The van der Waals surface area contributed by atoms with Crippen LogP contribution in [0.3, 0.4) is 0 Å². The zero-order chi connectivity index (χ0) is 23.6. The summed E-state index contributed by atoms with van der Waals surface area (Å²) in [6.45, 7) is 13.8. The van der Waals surface area contributed by atoms with Crippen LogP contribution in [0.2, 0.25) is 0 Å². The highest BCUT2D eigenvalue weighted by atomic mass is 16.5. The van der Waals surface area contributed by atoms with Gasteiger partial charge in [-0.15, -0.1) is 0 Å². The first-order valence-electron chi connectivity index (χ1n) is 11.1. The van der Waals surface area contributed by atoms with E-state index in [1.54, 1.807) is 13.2 Å². The molecule has 0 saturated heterocycles. The number of hydrogen-bond donors (Lipinski definition) is 1. The van der Waals surface area contributed by atoms with Crippen LogP contribution in [0.5, 0.6) is 5.75 Å². The maximum Gasteiger partial charge on any atom is 0.266 e. The summed E-state index contributed by atoms with van der Waals surface area (Å²) in [6, 6.07) is 12.0. The summed E-state index contributed by atoms with van der Waals surface area (Å²) >= 11 is 0. The Morgan fingerprint density at radius 1 is 1.31 bits per heavy atom. The Bertz CT molecular complexity index is 1110. The van der Waals surface area contributed by atoms with E-state index in [2.05, 4.69) is 50.0 Å². The van der Waals surface area contributed by atoms with Crippen molar-refractivity contribution in [3.05, 3.63) is 58.2 Å². The van der Waals surface area contributed by atoms with Crippen molar-refractivity contribution in [2.45, 2.75) is 59.4 Å². The summed E-state index contributed by atoms with van der Waals surface area (Å²) in [6.07, 6.45) is 2.66. The van der Waals surface area contributed by atoms with Gasteiger partial charge in [0.2, 0.25) is 0 Å². The van der Waals surface area contributed by atoms with Gasteiger partial charge >= 0.3 is 0 Å². The van der Waals surface area contributed by atoms with Crippen LogP contribution in [0.1, 0.15) is 62.3 Å². The summed E-state index contributed by atoms with van der Waals surface area (Å²) in [5.41, 5.74) is 5.97. The number of amides is 1. The second kappa shape index (κ2) is 9.08. The molecule has 0 spiro atoms. The third-order valence-corrected chi connectivity index (χ3v) is 6.35. The Labute approximate surface area is 191 Å². The lowest BCUT2D eigenvalue weighted by Gasteiger charge is -2.47. The molecule has 1 N–H and O–H groups in total. The van der Waals surface area contributed by atoms with Gasteiger partial charge in [0.25, 0.3) is 5.91 Å². The molecule has 168 valence electrons. The highest BCUT2D eigenvalue weighted by Gasteiger charge is 2.36. The van der Waals surface area contributed by atoms with Crippen molar-refractivity contribution in [1.29, 1.82) is 5.26 Å². The summed E-state index contributed by atoms with van der Waals surface area (Å²) in [5.74, 6) is 0.582. The minimum absolute atomic E-state index is 0.0411. The number of ether oxygens (including phenoxy) is 1. The van der Waals surface area contributed by atoms with Gasteiger partial charge in [-0.2, -0.15) is 5.26 Å². The van der Waals surface area contributed by atoms with Crippen LogP contribution >= 0.6 is 0 Å². The number of fused-ring (bicyclic) bond motifs is 1. The smallest absolute Gasteiger partial charge is 0.266 e. The first kappa shape index (κ1) is 23.4. The lowest BCUT2D eigenvalue weighted by molar-refractivity contribution is -0.112. The second-order valence-corrected chi connectivity index (χ2v) is 9.26. The van der Waals surface area contributed by atoms with Crippen molar-refractivity contribution in [3.63, 3.8) is 0 Å². The lowest BCUT2D eigenvalue weighted by atomic mass is 9.79. The normalized spacial score (nSPS) is 17.4. The summed E-state index contributed by atoms with van der Waals surface area (Å²) in [7, 11) is 1.62. The van der Waals surface area contributed by atoms with E-state index in [4.69, 9.17) is 4.74 Å². The molecule has 0 aromatic heterocycles. The van der Waals surface area contributed by atoms with E-state index in [9.17, 15) is 10.1 Å². The Morgan fingerprint density at radius 3 is 2.62 bits per heavy atom. The molecular weight excluding hydrogens is 398 g/mol. The number of nitriles is 1. The lowest BCUT2D eigenvalue weighted by Crippen LogP contribution is -2.48. The van der Waals surface area contributed by atoms with Gasteiger partial charge in [-0.1, -0.05) is 24.6 Å². The van der Waals surface area contributed by atoms with Crippen molar-refractivity contribution in [2.24, 2.45) is 0 Å². The monoisotopic (exact) mass is 431 g/mol. The highest BCUT2D eigenvalue weighted by Crippen LogP contribution is 2.45. The number of rotatable bonds is 5. The standard InChI is InChI=1S/C27H33N3O2/c1-8-30-24-14-25(32-7)20(13-22(24)19(4)15-27(30,5)6)12-21(16-28)26(31)29-23-10-9-17(2)11-18(23)3/h9-14,19H,8,15H2,1-7H3,(H,29,31)/b21-12+. The SMILES string of the molecule is CCN1c2cc(OC)c(/C=C(\C#N)C(=O)Nc3ccc(C)cc3C)cc2C(C)CC1(C)C. The van der Waals surface area contributed by atoms with E-state index in [0.717, 1.165) is 35.3 Å². The van der Waals surface area contributed by atoms with E-state index in [1.165, 1.54) is 5.56 Å². The summed E-state index contributed by atoms with van der Waals surface area (Å²) in [4.78, 5) is 15.3. The number of carbonyl (C=O) groups excluding carboxylic acids is 1. The van der Waals surface area contributed by atoms with Crippen LogP contribution < -0.4 is 15.0 Å². The van der Waals surface area contributed by atoms with E-state index in [0.29, 0.717) is 17.4 Å². The number of nitrogens with zero attached hydrogens (tertiary/aromatic N) is 2. The molecule has 2 aromatic rings. The zero-order valence-corrected chi connectivity index (χ0v) is 20.2. The van der Waals surface area contributed by atoms with E-state index in [1.807, 2.05) is 38.1 Å². The number of nitrogens with one attached hydrogen (secondary N) is 1. The van der Waals surface area contributed by atoms with Crippen LogP contribution in [-0.4, -0.2) is 25.1 Å². The molecule has 3 rings (SSSR count). The number of anilines is 2. The summed E-state index contributed by atoms with van der Waals surface area (Å²) in [5, 5.41) is 12.6. The van der Waals surface area contributed by atoms with Crippen LogP contribution in [0.25, 0.3) is 6.08 Å². The first-order chi connectivity index (χ1) is 15.1. The Kier molecular flexibility index (Phi) is 6.64. The number of hydrogen-bond acceptors (Lipinski definition) is 4. The largest absolute Gasteiger partial charge is 0.496 e. The van der Waals surface area contributed by atoms with Crippen LogP contribution in [0.15, 0.2) is 35.9 Å². The van der Waals surface area contributed by atoms with Crippen LogP contribution in [0, 0.1) is 25.2 Å². The van der Waals surface area contributed by atoms with Crippen molar-refractivity contribution in [1.82, 2.24) is 0 Å². The zero-order valence-electron chi connectivity index (χ0n) is 20.2. The molecule has 0 radical (unpaired) electrons. The Balaban J connectivity index is 2.02. The third kappa shape index (κ3) is 4.50. The molecule has 0 bridgehead atoms. The molecule has 2 aromatic carbocycles. The number of carbonyl (C=O) groups is 1. The quantitative estimate of drug-likeness (QED) is 0.468. The average molecular weight is 432 g/mol. The maximum atomic E-state index is 12.9. The molecule has 0 fully saturated rings. The molecule has 1 heterocycles. The van der Waals surface area contributed by atoms with E-state index in [-0.39, 0.29) is 11.1 Å². The van der Waals surface area contributed by atoms with Crippen LogP contribution in [-0.2, 0) is 4.79 Å². The minimum atomic E-state index is -0.427. The third-order valence-electron chi connectivity index (χ3n) is 6.35. The maximum absolute atomic E-state index is 12.9. The molecule has 5 heteroatoms. The van der Waals surface area contributed by atoms with Gasteiger partial charge in [0.05, 0.1) is 7.11 Å². The molecule has 32 heavy (non-hydrogen) atoms. The molecule has 1 aliphatic rings. The van der Waals surface area contributed by atoms with Gasteiger partial charge in [0, 0.05) is 35.1 Å². The van der Waals surface area contributed by atoms with Gasteiger partial charge in [-0.25, -0.2) is 0 Å². The average Bonchev–Trinajstić information content (AvgIpc) is 2.73. The minimum Gasteiger partial charge on any atom is -0.496 e. The molecular formula is C27H33N3O2. The van der Waals surface area contributed by atoms with Gasteiger partial charge in [-0.3, -0.25) is 4.79 Å². The van der Waals surface area contributed by atoms with Crippen molar-refractivity contribution < 1.29 is 9.53 Å². The van der Waals surface area contributed by atoms with Gasteiger partial charge in [-0.05, 0) is 76.3 Å². The molecule has 1 aliphatic heterocycles. The number of methoxy groups -OCH3 is 1. The molecule has 1 atom stereocenters. The fourth-order valence-corrected chi connectivity index (χ4v) is 4.86. The summed E-state index contributed by atoms with van der Waals surface area (Å²) < 4.78 is 5.67. The van der Waals surface area contributed by atoms with Crippen molar-refractivity contribution >= 4 is 23.4 Å². The Hall–Kier alpha value is -3.26. The van der Waals surface area contributed by atoms with Crippen molar-refractivity contribution in [3.8, 4) is 11.8 Å². The molecule has 0 saturated carbocycles. The first-order valence-corrected chi connectivity index (χ1v) is 11.1. The van der Waals surface area contributed by atoms with Gasteiger partial charge in [0.15, 0.2) is 0 Å². The van der Waals surface area contributed by atoms with E-state index < -0.39 is 5.91 Å². The molecule has 5 nitrogen and oxygen atoms in total. The predicted octanol–water partition coefficient (Wildman–Crippen LogP) is 5.97. The molecule has 1 amide bonds. The van der Waals surface area contributed by atoms with Gasteiger partial charge < -0.3 is 15.0 Å². The van der Waals surface area contributed by atoms with E-state index >= 15 is 0 Å². The van der Waals surface area contributed by atoms with Crippen molar-refractivity contribution in [2.75, 3.05) is 23.9 Å². The highest BCUT2D eigenvalue weighted by molar-refractivity contribution is 6.10. The number of benzene rings is 2.